The summed E-state index contributed by atoms with van der Waals surface area (Å²) in [6.07, 6.45) is 0.987. The molecule has 2 bridgehead atoms. The fraction of sp³-hybridized carbons (Fsp3) is 0.200. The van der Waals surface area contributed by atoms with E-state index >= 15 is 0 Å². The van der Waals surface area contributed by atoms with Gasteiger partial charge in [0.25, 0.3) is 5.88 Å². The van der Waals surface area contributed by atoms with E-state index < -0.39 is 11.9 Å². The van der Waals surface area contributed by atoms with E-state index in [0.717, 1.165) is 4.90 Å². The van der Waals surface area contributed by atoms with Crippen molar-refractivity contribution in [2.45, 2.75) is 19.4 Å². The van der Waals surface area contributed by atoms with Gasteiger partial charge in [0.1, 0.15) is 29.5 Å². The molecule has 1 unspecified atom stereocenters. The van der Waals surface area contributed by atoms with Crippen molar-refractivity contribution in [3.05, 3.63) is 47.2 Å². The van der Waals surface area contributed by atoms with Crippen LogP contribution in [0.5, 0.6) is 5.88 Å². The number of nitrogens with one attached hydrogen (secondary N) is 1. The number of amides is 1. The zero-order chi connectivity index (χ0) is 22.3. The van der Waals surface area contributed by atoms with E-state index in [1.165, 1.54) is 29.1 Å². The maximum Gasteiger partial charge on any atom is 0.258 e. The van der Waals surface area contributed by atoms with Crippen LogP contribution in [0.2, 0.25) is 0 Å². The Hall–Kier alpha value is -4.33. The van der Waals surface area contributed by atoms with Crippen LogP contribution in [0.1, 0.15) is 30.0 Å². The third kappa shape index (κ3) is 3.33. The lowest BCUT2D eigenvalue weighted by molar-refractivity contribution is -0.106. The standard InChI is InChI=1S/C20H17FN8O2/c1-10-12-5-11(21)3-4-15(12)29(9-30)17(23)6-13-18(16(7-22)28(2)27-13)14-8-25-19(24)20(26-14)31-10/h3-5,8-10,23H,6H2,1-2H3,(H2,24,25). The van der Waals surface area contributed by atoms with Crippen LogP contribution in [0.25, 0.3) is 11.3 Å². The normalized spacial score (nSPS) is 15.6. The minimum absolute atomic E-state index is 0.00722. The average Bonchev–Trinajstić information content (AvgIpc) is 3.05. The number of carbonyl (C=O) groups excluding carboxylic acids is 1. The number of aryl methyl sites for hydroxylation is 1. The predicted molar refractivity (Wildman–Crippen MR) is 109 cm³/mol. The zero-order valence-corrected chi connectivity index (χ0v) is 16.6. The zero-order valence-electron chi connectivity index (χ0n) is 16.6. The first kappa shape index (κ1) is 20.0. The largest absolute Gasteiger partial charge is 0.467 e. The number of rotatable bonds is 1. The molecule has 4 rings (SSSR count). The van der Waals surface area contributed by atoms with Crippen molar-refractivity contribution in [1.82, 2.24) is 19.7 Å². The van der Waals surface area contributed by atoms with Crippen LogP contribution in [0, 0.1) is 22.6 Å². The third-order valence-corrected chi connectivity index (χ3v) is 4.96. The van der Waals surface area contributed by atoms with Crippen LogP contribution < -0.4 is 15.4 Å². The highest BCUT2D eigenvalue weighted by atomic mass is 19.1. The van der Waals surface area contributed by atoms with Gasteiger partial charge in [0, 0.05) is 12.6 Å². The van der Waals surface area contributed by atoms with Crippen molar-refractivity contribution >= 4 is 23.8 Å². The van der Waals surface area contributed by atoms with Gasteiger partial charge in [-0.15, -0.1) is 0 Å². The summed E-state index contributed by atoms with van der Waals surface area (Å²) in [4.78, 5) is 21.6. The van der Waals surface area contributed by atoms with Crippen LogP contribution in [0.15, 0.2) is 24.4 Å². The van der Waals surface area contributed by atoms with E-state index in [1.54, 1.807) is 14.0 Å². The smallest absolute Gasteiger partial charge is 0.258 e. The number of nitriles is 1. The first-order valence-electron chi connectivity index (χ1n) is 9.21. The molecule has 1 aromatic carbocycles. The number of hydrogen-bond acceptors (Lipinski definition) is 8. The van der Waals surface area contributed by atoms with Crippen LogP contribution in [-0.2, 0) is 18.3 Å². The summed E-state index contributed by atoms with van der Waals surface area (Å²) in [5.74, 6) is -0.651. The molecule has 3 aromatic rings. The molecule has 1 aliphatic rings. The van der Waals surface area contributed by atoms with E-state index in [0.29, 0.717) is 23.2 Å². The predicted octanol–water partition coefficient (Wildman–Crippen LogP) is 2.11. The highest BCUT2D eigenvalue weighted by Gasteiger charge is 2.27. The Morgan fingerprint density at radius 3 is 2.94 bits per heavy atom. The summed E-state index contributed by atoms with van der Waals surface area (Å²) in [5, 5.41) is 22.5. The molecular formula is C20H17FN8O2. The molecule has 31 heavy (non-hydrogen) atoms. The van der Waals surface area contributed by atoms with Gasteiger partial charge in [-0.3, -0.25) is 19.8 Å². The van der Waals surface area contributed by atoms with Gasteiger partial charge in [-0.1, -0.05) is 0 Å². The molecule has 0 fully saturated rings. The van der Waals surface area contributed by atoms with Crippen LogP contribution in [-0.4, -0.2) is 32.0 Å². The Kier molecular flexibility index (Phi) is 4.82. The fourth-order valence-electron chi connectivity index (χ4n) is 3.50. The van der Waals surface area contributed by atoms with E-state index in [2.05, 4.69) is 21.1 Å². The van der Waals surface area contributed by atoms with Crippen molar-refractivity contribution in [3.8, 4) is 23.2 Å². The lowest BCUT2D eigenvalue weighted by Gasteiger charge is -2.25. The minimum atomic E-state index is -0.781. The van der Waals surface area contributed by atoms with E-state index in [1.807, 2.05) is 0 Å². The number of nitrogen functional groups attached to an aromatic ring is 1. The van der Waals surface area contributed by atoms with Crippen LogP contribution in [0.3, 0.4) is 0 Å². The van der Waals surface area contributed by atoms with Gasteiger partial charge in [0.2, 0.25) is 6.41 Å². The molecule has 0 radical (unpaired) electrons. The second-order valence-corrected chi connectivity index (χ2v) is 6.91. The average molecular weight is 420 g/mol. The van der Waals surface area contributed by atoms with E-state index in [4.69, 9.17) is 15.9 Å². The first-order chi connectivity index (χ1) is 14.8. The number of nitrogens with zero attached hydrogens (tertiary/aromatic N) is 6. The number of nitrogens with two attached hydrogens (primary N) is 1. The Balaban J connectivity index is 2.00. The fourth-order valence-corrected chi connectivity index (χ4v) is 3.50. The monoisotopic (exact) mass is 420 g/mol. The Bertz CT molecular complexity index is 1260. The van der Waals surface area contributed by atoms with Gasteiger partial charge in [0.15, 0.2) is 5.82 Å². The molecule has 0 saturated heterocycles. The summed E-state index contributed by atoms with van der Waals surface area (Å²) in [6.45, 7) is 1.64. The molecule has 10 nitrogen and oxygen atoms in total. The van der Waals surface area contributed by atoms with E-state index in [-0.39, 0.29) is 41.0 Å². The number of halogens is 1. The maximum atomic E-state index is 14.0. The number of aromatic nitrogens is 4. The molecule has 11 heteroatoms. The van der Waals surface area contributed by atoms with Gasteiger partial charge >= 0.3 is 0 Å². The Morgan fingerprint density at radius 1 is 1.45 bits per heavy atom. The number of fused-ring (bicyclic) bond motifs is 5. The van der Waals surface area contributed by atoms with E-state index in [9.17, 15) is 14.4 Å². The number of amidine groups is 1. The summed E-state index contributed by atoms with van der Waals surface area (Å²) in [7, 11) is 1.59. The number of hydrogen-bond donors (Lipinski definition) is 2. The van der Waals surface area contributed by atoms with Gasteiger partial charge in [-0.25, -0.2) is 14.4 Å². The van der Waals surface area contributed by atoms with Crippen molar-refractivity contribution in [2.75, 3.05) is 10.6 Å². The number of anilines is 2. The van der Waals surface area contributed by atoms with Gasteiger partial charge in [-0.2, -0.15) is 10.4 Å². The quantitative estimate of drug-likeness (QED) is 0.573. The molecule has 156 valence electrons. The van der Waals surface area contributed by atoms with Crippen molar-refractivity contribution in [3.63, 3.8) is 0 Å². The Morgan fingerprint density at radius 2 is 2.23 bits per heavy atom. The molecule has 3 heterocycles. The molecule has 1 atom stereocenters. The number of carbonyl (C=O) groups is 1. The molecule has 0 aliphatic carbocycles. The SMILES string of the molecule is CC1Oc2nc(cnc2N)-c2c(nn(C)c2C#N)CC(=N)N(C=O)c2ccc(F)cc21. The second kappa shape index (κ2) is 7.49. The lowest BCUT2D eigenvalue weighted by Crippen LogP contribution is -2.32. The minimum Gasteiger partial charge on any atom is -0.467 e. The summed E-state index contributed by atoms with van der Waals surface area (Å²) in [5.41, 5.74) is 7.73. The van der Waals surface area contributed by atoms with Crippen molar-refractivity contribution in [2.24, 2.45) is 7.05 Å². The number of benzene rings is 1. The molecule has 3 N–H and O–H groups in total. The van der Waals surface area contributed by atoms with Gasteiger partial charge in [0.05, 0.1) is 35.3 Å². The molecular weight excluding hydrogens is 403 g/mol. The van der Waals surface area contributed by atoms with Crippen molar-refractivity contribution < 1.29 is 13.9 Å². The van der Waals surface area contributed by atoms with Gasteiger partial charge < -0.3 is 10.5 Å². The Labute approximate surface area is 176 Å². The lowest BCUT2D eigenvalue weighted by atomic mass is 10.0. The van der Waals surface area contributed by atoms with Gasteiger partial charge in [-0.05, 0) is 25.1 Å². The summed E-state index contributed by atoms with van der Waals surface area (Å²) in [6, 6.07) is 5.88. The second-order valence-electron chi connectivity index (χ2n) is 6.91. The summed E-state index contributed by atoms with van der Waals surface area (Å²) >= 11 is 0. The van der Waals surface area contributed by atoms with Crippen LogP contribution >= 0.6 is 0 Å². The highest BCUT2D eigenvalue weighted by molar-refractivity contribution is 6.10. The molecule has 0 spiro atoms. The topological polar surface area (TPSA) is 147 Å². The van der Waals surface area contributed by atoms with Crippen molar-refractivity contribution in [1.29, 1.82) is 10.7 Å². The third-order valence-electron chi connectivity index (χ3n) is 4.96. The summed E-state index contributed by atoms with van der Waals surface area (Å²) < 4.78 is 21.3. The molecule has 2 aromatic heterocycles. The van der Waals surface area contributed by atoms with Crippen LogP contribution in [0.4, 0.5) is 15.9 Å². The number of ether oxygens (including phenoxy) is 1. The molecule has 1 amide bonds. The molecule has 1 aliphatic heterocycles. The highest BCUT2D eigenvalue weighted by Crippen LogP contribution is 2.35. The molecule has 0 saturated carbocycles. The maximum absolute atomic E-state index is 14.0. The first-order valence-corrected chi connectivity index (χ1v) is 9.21.